The van der Waals surface area contributed by atoms with E-state index >= 15 is 0 Å². The van der Waals surface area contributed by atoms with Crippen LogP contribution in [0.5, 0.6) is 0 Å². The lowest BCUT2D eigenvalue weighted by Gasteiger charge is -2.47. The number of Topliss-reactive ketones (excluding diaryl/α,β-unsaturated/α-hetero) is 1. The lowest BCUT2D eigenvalue weighted by atomic mass is 9.52. The maximum Gasteiger partial charge on any atom is 0.301 e. The fourth-order valence-electron chi connectivity index (χ4n) is 4.52. The molecule has 0 amide bonds. The Morgan fingerprint density at radius 2 is 1.20 bits per heavy atom. The van der Waals surface area contributed by atoms with E-state index in [-0.39, 0.29) is 5.78 Å². The summed E-state index contributed by atoms with van der Waals surface area (Å²) in [6.45, 7) is 0. The van der Waals surface area contributed by atoms with E-state index in [4.69, 9.17) is 0 Å². The van der Waals surface area contributed by atoms with E-state index in [1.807, 2.05) is 0 Å². The van der Waals surface area contributed by atoms with Crippen molar-refractivity contribution in [1.29, 1.82) is 0 Å². The molecule has 6 aliphatic rings. The van der Waals surface area contributed by atoms with Crippen LogP contribution >= 0.6 is 0 Å². The van der Waals surface area contributed by atoms with Gasteiger partial charge in [-0.3, -0.25) is 4.79 Å². The zero-order chi connectivity index (χ0) is 13.3. The molecule has 5 spiro atoms. The lowest BCUT2D eigenvalue weighted by Crippen LogP contribution is -2.73. The van der Waals surface area contributed by atoms with Gasteiger partial charge in [0.05, 0.1) is 5.41 Å². The Bertz CT molecular complexity index is 688. The molecule has 4 heterocycles. The Hall–Kier alpha value is -1.93. The van der Waals surface area contributed by atoms with Crippen LogP contribution in [-0.2, 0) is 4.79 Å². The summed E-state index contributed by atoms with van der Waals surface area (Å²) >= 11 is 0. The van der Waals surface area contributed by atoms with Gasteiger partial charge in [0.2, 0.25) is 5.78 Å². The van der Waals surface area contributed by atoms with Gasteiger partial charge in [0.25, 0.3) is 17.0 Å². The van der Waals surface area contributed by atoms with Gasteiger partial charge in [-0.2, -0.15) is 10.2 Å². The number of carbonyl (C=O) groups is 1. The highest BCUT2D eigenvalue weighted by atomic mass is 16.1. The van der Waals surface area contributed by atoms with Crippen LogP contribution < -0.4 is 0 Å². The second-order valence-corrected chi connectivity index (χ2v) is 6.46. The van der Waals surface area contributed by atoms with E-state index in [0.29, 0.717) is 0 Å². The summed E-state index contributed by atoms with van der Waals surface area (Å²) in [6, 6.07) is 0. The van der Waals surface area contributed by atoms with Crippen LogP contribution in [0.2, 0.25) is 0 Å². The molecule has 20 heavy (non-hydrogen) atoms. The van der Waals surface area contributed by atoms with E-state index in [0.717, 1.165) is 32.1 Å². The quantitative estimate of drug-likeness (QED) is 0.659. The first kappa shape index (κ1) is 9.89. The molecule has 100 valence electrons. The van der Waals surface area contributed by atoms with E-state index in [2.05, 4.69) is 40.9 Å². The molecule has 0 saturated heterocycles. The summed E-state index contributed by atoms with van der Waals surface area (Å²) < 4.78 is 0. The molecule has 0 unspecified atom stereocenters. The average Bonchev–Trinajstić information content (AvgIpc) is 3.35. The van der Waals surface area contributed by atoms with Crippen molar-refractivity contribution >= 4 is 5.78 Å². The molecule has 0 bridgehead atoms. The maximum absolute atomic E-state index is 13.2. The standard InChI is InChI=1S/C11H10N8O/c20-6-7(4-2-1-3-5-7)9(14-15-9)11(18-19-11)10(16-17-10)8(6)12-13-8/h1-5H2. The number of rotatable bonds is 0. The van der Waals surface area contributed by atoms with Crippen molar-refractivity contribution in [3.8, 4) is 0 Å². The number of carbonyl (C=O) groups excluding carboxylic acids is 1. The summed E-state index contributed by atoms with van der Waals surface area (Å²) in [7, 11) is 0. The highest BCUT2D eigenvalue weighted by molar-refractivity contribution is 6.01. The second kappa shape index (κ2) is 2.27. The minimum Gasteiger partial charge on any atom is -0.294 e. The molecular formula is C11H10N8O. The SMILES string of the molecule is O=C1C2(CCCCC2)C2(N=N2)C2(N=N2)C2(N=N2)C12N=N2. The van der Waals surface area contributed by atoms with Gasteiger partial charge in [0.1, 0.15) is 0 Å². The van der Waals surface area contributed by atoms with Crippen molar-refractivity contribution in [2.24, 2.45) is 46.3 Å². The Morgan fingerprint density at radius 1 is 0.650 bits per heavy atom. The maximum atomic E-state index is 13.2. The molecule has 2 saturated carbocycles. The van der Waals surface area contributed by atoms with Gasteiger partial charge >= 0.3 is 5.66 Å². The summed E-state index contributed by atoms with van der Waals surface area (Å²) in [5.41, 5.74) is -4.71. The van der Waals surface area contributed by atoms with Gasteiger partial charge in [-0.15, -0.1) is 30.7 Å². The van der Waals surface area contributed by atoms with E-state index in [9.17, 15) is 4.79 Å². The summed E-state index contributed by atoms with van der Waals surface area (Å²) in [5, 5.41) is 33.3. The molecule has 0 N–H and O–H groups in total. The molecule has 0 aromatic carbocycles. The average molecular weight is 270 g/mol. The smallest absolute Gasteiger partial charge is 0.294 e. The predicted octanol–water partition coefficient (Wildman–Crippen LogP) is 2.17. The Morgan fingerprint density at radius 3 is 1.65 bits per heavy atom. The molecule has 9 heteroatoms. The van der Waals surface area contributed by atoms with Crippen molar-refractivity contribution in [2.75, 3.05) is 0 Å². The fourth-order valence-corrected chi connectivity index (χ4v) is 4.52. The van der Waals surface area contributed by atoms with Crippen LogP contribution in [0.1, 0.15) is 32.1 Å². The van der Waals surface area contributed by atoms with Gasteiger partial charge in [0, 0.05) is 0 Å². The summed E-state index contributed by atoms with van der Waals surface area (Å²) in [5.74, 6) is -0.0115. The molecular weight excluding hydrogens is 260 g/mol. The van der Waals surface area contributed by atoms with Crippen molar-refractivity contribution < 1.29 is 4.79 Å². The number of fused-ring (bicyclic) bond motifs is 4. The first-order valence-electron chi connectivity index (χ1n) is 7.00. The molecule has 0 aromatic rings. The summed E-state index contributed by atoms with van der Waals surface area (Å²) in [6.07, 6.45) is 4.63. The molecule has 0 aromatic heterocycles. The van der Waals surface area contributed by atoms with E-state index in [1.54, 1.807) is 0 Å². The van der Waals surface area contributed by atoms with Gasteiger partial charge in [0.15, 0.2) is 0 Å². The zero-order valence-corrected chi connectivity index (χ0v) is 10.5. The minimum atomic E-state index is -1.17. The van der Waals surface area contributed by atoms with Gasteiger partial charge in [-0.25, -0.2) is 0 Å². The van der Waals surface area contributed by atoms with Crippen LogP contribution in [0.25, 0.3) is 0 Å². The minimum absolute atomic E-state index is 0.0115. The van der Waals surface area contributed by atoms with Crippen LogP contribution in [0, 0.1) is 5.41 Å². The van der Waals surface area contributed by atoms with Gasteiger partial charge in [-0.1, -0.05) is 19.3 Å². The highest BCUT2D eigenvalue weighted by Gasteiger charge is 3.00. The van der Waals surface area contributed by atoms with Crippen LogP contribution in [0.15, 0.2) is 40.9 Å². The fraction of sp³-hybridized carbons (Fsp3) is 0.909. The monoisotopic (exact) mass is 270 g/mol. The van der Waals surface area contributed by atoms with E-state index in [1.165, 1.54) is 0 Å². The largest absolute Gasteiger partial charge is 0.301 e. The Labute approximate surface area is 112 Å². The Balaban J connectivity index is 1.60. The van der Waals surface area contributed by atoms with Gasteiger partial charge in [-0.05, 0) is 12.8 Å². The van der Waals surface area contributed by atoms with Crippen molar-refractivity contribution in [3.05, 3.63) is 0 Å². The normalized spacial score (nSPS) is 38.3. The molecule has 0 radical (unpaired) electrons. The van der Waals surface area contributed by atoms with Crippen LogP contribution in [0.4, 0.5) is 0 Å². The molecule has 6 rings (SSSR count). The topological polar surface area (TPSA) is 116 Å². The van der Waals surface area contributed by atoms with Crippen molar-refractivity contribution in [3.63, 3.8) is 0 Å². The first-order valence-corrected chi connectivity index (χ1v) is 7.00. The third kappa shape index (κ3) is 0.631. The zero-order valence-electron chi connectivity index (χ0n) is 10.5. The second-order valence-electron chi connectivity index (χ2n) is 6.46. The summed E-state index contributed by atoms with van der Waals surface area (Å²) in [4.78, 5) is 13.2. The highest BCUT2D eigenvalue weighted by Crippen LogP contribution is 2.78. The number of hydrogen-bond acceptors (Lipinski definition) is 9. The molecule has 2 fully saturated rings. The lowest BCUT2D eigenvalue weighted by molar-refractivity contribution is -0.145. The number of nitrogens with zero attached hydrogens (tertiary/aromatic N) is 8. The van der Waals surface area contributed by atoms with Gasteiger partial charge < -0.3 is 0 Å². The van der Waals surface area contributed by atoms with E-state index < -0.39 is 28.1 Å². The molecule has 0 atom stereocenters. The molecule has 4 aliphatic heterocycles. The first-order chi connectivity index (χ1) is 9.69. The van der Waals surface area contributed by atoms with Crippen LogP contribution in [-0.4, -0.2) is 28.4 Å². The third-order valence-corrected chi connectivity index (χ3v) is 5.78. The number of ketones is 1. The predicted molar refractivity (Wildman–Crippen MR) is 60.9 cm³/mol. The third-order valence-electron chi connectivity index (χ3n) is 5.78. The molecule has 2 aliphatic carbocycles. The Kier molecular flexibility index (Phi) is 1.12. The van der Waals surface area contributed by atoms with Crippen molar-refractivity contribution in [2.45, 2.75) is 54.8 Å². The molecule has 9 nitrogen and oxygen atoms in total. The number of hydrogen-bond donors (Lipinski definition) is 0. The van der Waals surface area contributed by atoms with Crippen LogP contribution in [0.3, 0.4) is 0 Å². The van der Waals surface area contributed by atoms with Crippen molar-refractivity contribution in [1.82, 2.24) is 0 Å².